The third-order valence-corrected chi connectivity index (χ3v) is 4.33. The van der Waals surface area contributed by atoms with E-state index in [0.717, 1.165) is 41.3 Å². The molecular weight excluding hydrogens is 342 g/mol. The zero-order valence-electron chi connectivity index (χ0n) is 15.9. The van der Waals surface area contributed by atoms with Crippen molar-refractivity contribution in [3.63, 3.8) is 0 Å². The van der Waals surface area contributed by atoms with E-state index in [1.807, 2.05) is 49.4 Å². The molecule has 6 nitrogen and oxygen atoms in total. The van der Waals surface area contributed by atoms with Crippen LogP contribution in [0.15, 0.2) is 47.5 Å². The summed E-state index contributed by atoms with van der Waals surface area (Å²) in [5.74, 6) is 2.70. The number of aryl methyl sites for hydroxylation is 1. The van der Waals surface area contributed by atoms with Crippen LogP contribution in [0.3, 0.4) is 0 Å². The average molecular weight is 369 g/mol. The SMILES string of the molecule is CCC(CN=C(N)Nc1ccc2c(c1)OCCCO2)Oc1ccccc1C. The van der Waals surface area contributed by atoms with Crippen molar-refractivity contribution in [2.45, 2.75) is 32.8 Å². The van der Waals surface area contributed by atoms with Gasteiger partial charge in [-0.15, -0.1) is 0 Å². The molecule has 3 N–H and O–H groups in total. The van der Waals surface area contributed by atoms with Crippen LogP contribution in [0.1, 0.15) is 25.3 Å². The number of anilines is 1. The third kappa shape index (κ3) is 5.29. The van der Waals surface area contributed by atoms with E-state index in [9.17, 15) is 0 Å². The Morgan fingerprint density at radius 2 is 1.96 bits per heavy atom. The Morgan fingerprint density at radius 3 is 2.74 bits per heavy atom. The first-order valence-corrected chi connectivity index (χ1v) is 9.34. The summed E-state index contributed by atoms with van der Waals surface area (Å²) in [6.07, 6.45) is 1.69. The van der Waals surface area contributed by atoms with Crippen LogP contribution in [-0.2, 0) is 0 Å². The molecule has 1 aliphatic heterocycles. The van der Waals surface area contributed by atoms with Gasteiger partial charge in [-0.3, -0.25) is 0 Å². The van der Waals surface area contributed by atoms with Gasteiger partial charge in [-0.1, -0.05) is 25.1 Å². The van der Waals surface area contributed by atoms with Crippen LogP contribution in [0.5, 0.6) is 17.2 Å². The summed E-state index contributed by atoms with van der Waals surface area (Å²) in [6, 6.07) is 13.6. The van der Waals surface area contributed by atoms with Crippen molar-refractivity contribution in [3.8, 4) is 17.2 Å². The van der Waals surface area contributed by atoms with Gasteiger partial charge in [0.1, 0.15) is 11.9 Å². The number of rotatable bonds is 6. The molecule has 0 fully saturated rings. The lowest BCUT2D eigenvalue weighted by atomic mass is 10.2. The van der Waals surface area contributed by atoms with Crippen LogP contribution in [-0.4, -0.2) is 31.8 Å². The number of hydrogen-bond donors (Lipinski definition) is 2. The van der Waals surface area contributed by atoms with E-state index < -0.39 is 0 Å². The van der Waals surface area contributed by atoms with Crippen molar-refractivity contribution in [2.75, 3.05) is 25.1 Å². The van der Waals surface area contributed by atoms with Crippen molar-refractivity contribution in [3.05, 3.63) is 48.0 Å². The molecule has 27 heavy (non-hydrogen) atoms. The Kier molecular flexibility index (Phi) is 6.41. The van der Waals surface area contributed by atoms with E-state index in [-0.39, 0.29) is 6.10 Å². The summed E-state index contributed by atoms with van der Waals surface area (Å²) in [4.78, 5) is 4.43. The van der Waals surface area contributed by atoms with Crippen molar-refractivity contribution < 1.29 is 14.2 Å². The quantitative estimate of drug-likeness (QED) is 0.599. The van der Waals surface area contributed by atoms with E-state index >= 15 is 0 Å². The van der Waals surface area contributed by atoms with Gasteiger partial charge in [0.2, 0.25) is 0 Å². The van der Waals surface area contributed by atoms with Crippen molar-refractivity contribution in [1.82, 2.24) is 0 Å². The van der Waals surface area contributed by atoms with Crippen LogP contribution in [0.25, 0.3) is 0 Å². The summed E-state index contributed by atoms with van der Waals surface area (Å²) in [5, 5.41) is 3.10. The Balaban J connectivity index is 1.60. The first-order valence-electron chi connectivity index (χ1n) is 9.34. The number of guanidine groups is 1. The smallest absolute Gasteiger partial charge is 0.193 e. The molecule has 144 valence electrons. The van der Waals surface area contributed by atoms with Gasteiger partial charge < -0.3 is 25.3 Å². The van der Waals surface area contributed by atoms with E-state index in [4.69, 9.17) is 19.9 Å². The number of nitrogens with zero attached hydrogens (tertiary/aromatic N) is 1. The van der Waals surface area contributed by atoms with E-state index in [0.29, 0.717) is 25.7 Å². The molecule has 0 radical (unpaired) electrons. The molecule has 6 heteroatoms. The van der Waals surface area contributed by atoms with Gasteiger partial charge in [0.15, 0.2) is 17.5 Å². The number of fused-ring (bicyclic) bond motifs is 1. The van der Waals surface area contributed by atoms with Crippen LogP contribution >= 0.6 is 0 Å². The monoisotopic (exact) mass is 369 g/mol. The number of benzene rings is 2. The second kappa shape index (κ2) is 9.16. The van der Waals surface area contributed by atoms with Gasteiger partial charge in [0.05, 0.1) is 19.8 Å². The van der Waals surface area contributed by atoms with E-state index in [2.05, 4.69) is 17.2 Å². The highest BCUT2D eigenvalue weighted by molar-refractivity contribution is 5.92. The number of nitrogens with one attached hydrogen (secondary N) is 1. The number of ether oxygens (including phenoxy) is 3. The van der Waals surface area contributed by atoms with Gasteiger partial charge in [-0.05, 0) is 37.1 Å². The van der Waals surface area contributed by atoms with Crippen molar-refractivity contribution in [1.29, 1.82) is 0 Å². The Labute approximate surface area is 160 Å². The molecule has 1 atom stereocenters. The molecule has 0 bridgehead atoms. The largest absolute Gasteiger partial charge is 0.490 e. The number of hydrogen-bond acceptors (Lipinski definition) is 4. The minimum absolute atomic E-state index is 0.0322. The number of para-hydroxylation sites is 1. The molecule has 0 aromatic heterocycles. The molecule has 0 spiro atoms. The first kappa shape index (κ1) is 18.9. The highest BCUT2D eigenvalue weighted by Gasteiger charge is 2.12. The normalized spacial score (nSPS) is 15.0. The average Bonchev–Trinajstić information content (AvgIpc) is 2.91. The minimum Gasteiger partial charge on any atom is -0.490 e. The van der Waals surface area contributed by atoms with Crippen LogP contribution < -0.4 is 25.3 Å². The van der Waals surface area contributed by atoms with Crippen LogP contribution in [0, 0.1) is 6.92 Å². The van der Waals surface area contributed by atoms with Crippen molar-refractivity contribution in [2.24, 2.45) is 10.7 Å². The van der Waals surface area contributed by atoms with Gasteiger partial charge in [0, 0.05) is 18.2 Å². The molecule has 0 saturated carbocycles. The highest BCUT2D eigenvalue weighted by Crippen LogP contribution is 2.32. The Morgan fingerprint density at radius 1 is 1.19 bits per heavy atom. The third-order valence-electron chi connectivity index (χ3n) is 4.33. The van der Waals surface area contributed by atoms with Gasteiger partial charge >= 0.3 is 0 Å². The fourth-order valence-corrected chi connectivity index (χ4v) is 2.75. The number of nitrogens with two attached hydrogens (primary N) is 1. The van der Waals surface area contributed by atoms with E-state index in [1.165, 1.54) is 0 Å². The Hall–Kier alpha value is -2.89. The van der Waals surface area contributed by atoms with Crippen molar-refractivity contribution >= 4 is 11.6 Å². The lowest BCUT2D eigenvalue weighted by Crippen LogP contribution is -2.26. The molecule has 0 amide bonds. The molecular formula is C21H27N3O3. The fourth-order valence-electron chi connectivity index (χ4n) is 2.75. The second-order valence-corrected chi connectivity index (χ2v) is 6.48. The molecule has 1 aliphatic rings. The summed E-state index contributed by atoms with van der Waals surface area (Å²) in [7, 11) is 0. The standard InChI is InChI=1S/C21H27N3O3/c1-3-17(27-18-8-5-4-7-15(18)2)14-23-21(22)24-16-9-10-19-20(13-16)26-12-6-11-25-19/h4-5,7-10,13,17H,3,6,11-12,14H2,1-2H3,(H3,22,23,24). The summed E-state index contributed by atoms with van der Waals surface area (Å²) in [5.41, 5.74) is 7.97. The van der Waals surface area contributed by atoms with Crippen LogP contribution in [0.4, 0.5) is 5.69 Å². The maximum Gasteiger partial charge on any atom is 0.193 e. The first-order chi connectivity index (χ1) is 13.2. The summed E-state index contributed by atoms with van der Waals surface area (Å²) >= 11 is 0. The molecule has 3 rings (SSSR count). The van der Waals surface area contributed by atoms with Gasteiger partial charge in [0.25, 0.3) is 0 Å². The minimum atomic E-state index is -0.0322. The molecule has 2 aromatic carbocycles. The summed E-state index contributed by atoms with van der Waals surface area (Å²) < 4.78 is 17.4. The highest BCUT2D eigenvalue weighted by atomic mass is 16.5. The molecule has 1 heterocycles. The second-order valence-electron chi connectivity index (χ2n) is 6.48. The maximum atomic E-state index is 6.06. The predicted molar refractivity (Wildman–Crippen MR) is 108 cm³/mol. The Bertz CT molecular complexity index is 792. The summed E-state index contributed by atoms with van der Waals surface area (Å²) in [6.45, 7) is 5.91. The maximum absolute atomic E-state index is 6.06. The lowest BCUT2D eigenvalue weighted by molar-refractivity contribution is 0.204. The number of aliphatic imine (C=N–C) groups is 1. The van der Waals surface area contributed by atoms with Gasteiger partial charge in [-0.25, -0.2) is 4.99 Å². The van der Waals surface area contributed by atoms with Gasteiger partial charge in [-0.2, -0.15) is 0 Å². The lowest BCUT2D eigenvalue weighted by Gasteiger charge is -2.17. The zero-order valence-corrected chi connectivity index (χ0v) is 15.9. The molecule has 0 saturated heterocycles. The van der Waals surface area contributed by atoms with E-state index in [1.54, 1.807) is 0 Å². The predicted octanol–water partition coefficient (Wildman–Crippen LogP) is 3.74. The molecule has 2 aromatic rings. The topological polar surface area (TPSA) is 78.1 Å². The van der Waals surface area contributed by atoms with Crippen LogP contribution in [0.2, 0.25) is 0 Å². The molecule has 0 aliphatic carbocycles. The molecule has 1 unspecified atom stereocenters. The zero-order chi connectivity index (χ0) is 19.1. The fraction of sp³-hybridized carbons (Fsp3) is 0.381.